The van der Waals surface area contributed by atoms with Crippen LogP contribution in [0.5, 0.6) is 0 Å². The van der Waals surface area contributed by atoms with Crippen molar-refractivity contribution in [1.82, 2.24) is 20.0 Å². The van der Waals surface area contributed by atoms with E-state index in [0.717, 1.165) is 82.3 Å². The van der Waals surface area contributed by atoms with Crippen LogP contribution in [0.4, 0.5) is 10.2 Å². The first-order valence-electron chi connectivity index (χ1n) is 10.7. The van der Waals surface area contributed by atoms with E-state index >= 15 is 0 Å². The second kappa shape index (κ2) is 10.0. The number of hydrogen-bond donors (Lipinski definition) is 1. The van der Waals surface area contributed by atoms with Gasteiger partial charge in [0, 0.05) is 38.3 Å². The summed E-state index contributed by atoms with van der Waals surface area (Å²) in [4.78, 5) is 4.91. The van der Waals surface area contributed by atoms with E-state index in [1.165, 1.54) is 11.6 Å². The number of aromatic nitrogens is 2. The van der Waals surface area contributed by atoms with Crippen LogP contribution >= 0.6 is 0 Å². The highest BCUT2D eigenvalue weighted by Gasteiger charge is 2.26. The van der Waals surface area contributed by atoms with Gasteiger partial charge in [-0.15, -0.1) is 0 Å². The lowest BCUT2D eigenvalue weighted by Crippen LogP contribution is -2.47. The maximum Gasteiger partial charge on any atom is 0.137 e. The first-order valence-corrected chi connectivity index (χ1v) is 10.7. The lowest BCUT2D eigenvalue weighted by Gasteiger charge is -2.36. The fourth-order valence-corrected chi connectivity index (χ4v) is 3.88. The number of benzene rings is 1. The van der Waals surface area contributed by atoms with E-state index in [1.54, 1.807) is 12.1 Å². The Morgan fingerprint density at radius 3 is 2.50 bits per heavy atom. The first-order chi connectivity index (χ1) is 13.7. The van der Waals surface area contributed by atoms with Gasteiger partial charge in [0.2, 0.25) is 0 Å². The van der Waals surface area contributed by atoms with Crippen LogP contribution in [0.15, 0.2) is 24.3 Å². The van der Waals surface area contributed by atoms with Crippen molar-refractivity contribution in [2.24, 2.45) is 0 Å². The van der Waals surface area contributed by atoms with Crippen molar-refractivity contribution in [2.75, 3.05) is 44.2 Å². The Morgan fingerprint density at radius 1 is 1.07 bits per heavy atom. The minimum atomic E-state index is -0.225. The molecule has 1 aromatic carbocycles. The van der Waals surface area contributed by atoms with Gasteiger partial charge in [0.15, 0.2) is 0 Å². The van der Waals surface area contributed by atoms with Crippen molar-refractivity contribution in [1.29, 1.82) is 0 Å². The molecule has 0 saturated carbocycles. The van der Waals surface area contributed by atoms with Gasteiger partial charge in [0.25, 0.3) is 0 Å². The molecule has 0 radical (unpaired) electrons. The normalized spacial score (nSPS) is 15.4. The molecule has 1 fully saturated rings. The Bertz CT molecular complexity index is 749. The molecule has 0 amide bonds. The molecule has 1 aliphatic heterocycles. The summed E-state index contributed by atoms with van der Waals surface area (Å²) in [6.07, 6.45) is 3.09. The van der Waals surface area contributed by atoms with Gasteiger partial charge in [-0.3, -0.25) is 0 Å². The van der Waals surface area contributed by atoms with Crippen LogP contribution in [0.25, 0.3) is 5.69 Å². The highest BCUT2D eigenvalue weighted by Crippen LogP contribution is 2.29. The fourth-order valence-electron chi connectivity index (χ4n) is 3.88. The molecule has 154 valence electrons. The van der Waals surface area contributed by atoms with E-state index < -0.39 is 0 Å². The minimum Gasteiger partial charge on any atom is -0.354 e. The van der Waals surface area contributed by atoms with Gasteiger partial charge in [-0.05, 0) is 44.1 Å². The van der Waals surface area contributed by atoms with E-state index in [9.17, 15) is 4.39 Å². The Balaban J connectivity index is 2.03. The largest absolute Gasteiger partial charge is 0.354 e. The summed E-state index contributed by atoms with van der Waals surface area (Å²) in [6.45, 7) is 13.5. The Morgan fingerprint density at radius 2 is 1.86 bits per heavy atom. The van der Waals surface area contributed by atoms with Crippen molar-refractivity contribution < 1.29 is 4.39 Å². The summed E-state index contributed by atoms with van der Waals surface area (Å²) in [5.41, 5.74) is 3.19. The second-order valence-corrected chi connectivity index (χ2v) is 7.49. The Kier molecular flexibility index (Phi) is 7.45. The third kappa shape index (κ3) is 4.73. The lowest BCUT2D eigenvalue weighted by atomic mass is 10.1. The molecule has 6 heteroatoms. The maximum atomic E-state index is 14.0. The molecule has 1 aliphatic rings. The molecule has 3 rings (SSSR count). The van der Waals surface area contributed by atoms with Gasteiger partial charge in [-0.1, -0.05) is 33.3 Å². The van der Waals surface area contributed by atoms with Crippen molar-refractivity contribution >= 4 is 5.82 Å². The minimum absolute atomic E-state index is 0.225. The fraction of sp³-hybridized carbons (Fsp3) is 0.591. The number of hydrogen-bond acceptors (Lipinski definition) is 4. The van der Waals surface area contributed by atoms with Crippen LogP contribution in [-0.2, 0) is 13.0 Å². The summed E-state index contributed by atoms with van der Waals surface area (Å²) >= 11 is 0. The van der Waals surface area contributed by atoms with Crippen LogP contribution in [0.2, 0.25) is 0 Å². The molecular weight excluding hydrogens is 353 g/mol. The average molecular weight is 388 g/mol. The van der Waals surface area contributed by atoms with Crippen molar-refractivity contribution in [2.45, 2.75) is 46.6 Å². The van der Waals surface area contributed by atoms with Gasteiger partial charge in [0.05, 0.1) is 11.4 Å². The lowest BCUT2D eigenvalue weighted by molar-refractivity contribution is 0.270. The van der Waals surface area contributed by atoms with Crippen LogP contribution in [0.1, 0.15) is 44.9 Å². The summed E-state index contributed by atoms with van der Waals surface area (Å²) < 4.78 is 15.9. The summed E-state index contributed by atoms with van der Waals surface area (Å²) in [5.74, 6) is 0.908. The summed E-state index contributed by atoms with van der Waals surface area (Å²) in [6, 6.07) is 6.78. The number of aryl methyl sites for hydroxylation is 1. The summed E-state index contributed by atoms with van der Waals surface area (Å²) in [5, 5.41) is 8.52. The zero-order valence-corrected chi connectivity index (χ0v) is 17.5. The Hall–Kier alpha value is -1.92. The van der Waals surface area contributed by atoms with Crippen molar-refractivity contribution in [3.05, 3.63) is 41.3 Å². The zero-order chi connectivity index (χ0) is 19.9. The first kappa shape index (κ1) is 20.8. The standard InChI is InChI=1S/C22H34FN5/c1-4-8-21-20(17-24-11-5-2)22(27-14-12-26(6-3)13-15-27)28(25-21)19-10-7-9-18(23)16-19/h7,9-10,16,24H,4-6,8,11-15,17H2,1-3H3. The predicted molar refractivity (Wildman–Crippen MR) is 114 cm³/mol. The number of likely N-dealkylation sites (N-methyl/N-ethyl adjacent to an activating group) is 1. The smallest absolute Gasteiger partial charge is 0.137 e. The van der Waals surface area contributed by atoms with Crippen LogP contribution in [-0.4, -0.2) is 53.9 Å². The number of rotatable bonds is 9. The number of nitrogens with one attached hydrogen (secondary N) is 1. The topological polar surface area (TPSA) is 36.3 Å². The molecule has 0 atom stereocenters. The highest BCUT2D eigenvalue weighted by atomic mass is 19.1. The van der Waals surface area contributed by atoms with Crippen LogP contribution in [0, 0.1) is 5.82 Å². The quantitative estimate of drug-likeness (QED) is 0.667. The van der Waals surface area contributed by atoms with Gasteiger partial charge in [-0.25, -0.2) is 9.07 Å². The van der Waals surface area contributed by atoms with E-state index in [1.807, 2.05) is 10.7 Å². The van der Waals surface area contributed by atoms with E-state index in [-0.39, 0.29) is 5.82 Å². The second-order valence-electron chi connectivity index (χ2n) is 7.49. The molecule has 0 aliphatic carbocycles. The SMILES string of the molecule is CCCNCc1c(CCC)nn(-c2cccc(F)c2)c1N1CCN(CC)CC1. The van der Waals surface area contributed by atoms with Gasteiger partial charge < -0.3 is 15.1 Å². The average Bonchev–Trinajstić information content (AvgIpc) is 3.07. The van der Waals surface area contributed by atoms with Gasteiger partial charge >= 0.3 is 0 Å². The number of nitrogens with zero attached hydrogens (tertiary/aromatic N) is 4. The molecule has 2 aromatic rings. The van der Waals surface area contributed by atoms with Gasteiger partial charge in [-0.2, -0.15) is 5.10 Å². The number of piperazine rings is 1. The third-order valence-electron chi connectivity index (χ3n) is 5.43. The summed E-state index contributed by atoms with van der Waals surface area (Å²) in [7, 11) is 0. The molecule has 0 bridgehead atoms. The molecule has 0 unspecified atom stereocenters. The zero-order valence-electron chi connectivity index (χ0n) is 17.5. The molecular formula is C22H34FN5. The van der Waals surface area contributed by atoms with E-state index in [4.69, 9.17) is 5.10 Å². The molecule has 0 spiro atoms. The molecule has 28 heavy (non-hydrogen) atoms. The molecule has 2 heterocycles. The van der Waals surface area contributed by atoms with E-state index in [0.29, 0.717) is 0 Å². The predicted octanol–water partition coefficient (Wildman–Crippen LogP) is 3.61. The van der Waals surface area contributed by atoms with E-state index in [2.05, 4.69) is 35.9 Å². The van der Waals surface area contributed by atoms with Gasteiger partial charge in [0.1, 0.15) is 11.6 Å². The molecule has 1 aromatic heterocycles. The molecule has 1 N–H and O–H groups in total. The van der Waals surface area contributed by atoms with Crippen molar-refractivity contribution in [3.8, 4) is 5.69 Å². The third-order valence-corrected chi connectivity index (χ3v) is 5.43. The highest BCUT2D eigenvalue weighted by molar-refractivity contribution is 5.56. The monoisotopic (exact) mass is 387 g/mol. The van der Waals surface area contributed by atoms with Crippen LogP contribution in [0.3, 0.4) is 0 Å². The van der Waals surface area contributed by atoms with Crippen LogP contribution < -0.4 is 10.2 Å². The number of halogens is 1. The molecule has 1 saturated heterocycles. The van der Waals surface area contributed by atoms with Crippen molar-refractivity contribution in [3.63, 3.8) is 0 Å². The Labute approximate surface area is 168 Å². The molecule has 5 nitrogen and oxygen atoms in total. The number of anilines is 1. The maximum absolute atomic E-state index is 14.0.